The van der Waals surface area contributed by atoms with E-state index in [0.29, 0.717) is 12.3 Å². The number of nitrogens with zero attached hydrogens (tertiary/aromatic N) is 2. The molecule has 3 nitrogen and oxygen atoms in total. The highest BCUT2D eigenvalue weighted by molar-refractivity contribution is 7.08. The first-order valence-corrected chi connectivity index (χ1v) is 5.26. The maximum atomic E-state index is 11.6. The number of ketones is 1. The van der Waals surface area contributed by atoms with E-state index in [-0.39, 0.29) is 5.78 Å². The third kappa shape index (κ3) is 2.59. The van der Waals surface area contributed by atoms with Gasteiger partial charge in [-0.1, -0.05) is 25.3 Å². The largest absolute Gasteiger partial charge is 0.293 e. The molecule has 1 aromatic rings. The molecule has 0 spiro atoms. The van der Waals surface area contributed by atoms with Gasteiger partial charge in [-0.15, -0.1) is 5.10 Å². The van der Waals surface area contributed by atoms with Crippen molar-refractivity contribution in [2.45, 2.75) is 33.6 Å². The predicted octanol–water partition coefficient (Wildman–Crippen LogP) is 2.33. The van der Waals surface area contributed by atoms with Gasteiger partial charge in [-0.25, -0.2) is 0 Å². The SMILES string of the molecule is CCc1nnsc1C(=O)CC(C)C. The molecule has 0 saturated carbocycles. The molecule has 0 amide bonds. The van der Waals surface area contributed by atoms with Crippen LogP contribution in [0, 0.1) is 5.92 Å². The van der Waals surface area contributed by atoms with E-state index in [9.17, 15) is 4.79 Å². The van der Waals surface area contributed by atoms with Crippen LogP contribution >= 0.6 is 11.5 Å². The second-order valence-corrected chi connectivity index (χ2v) is 4.18. The van der Waals surface area contributed by atoms with E-state index < -0.39 is 0 Å². The van der Waals surface area contributed by atoms with E-state index in [1.54, 1.807) is 0 Å². The van der Waals surface area contributed by atoms with Crippen LogP contribution in [0.1, 0.15) is 42.6 Å². The molecule has 1 rings (SSSR count). The normalized spacial score (nSPS) is 10.8. The Balaban J connectivity index is 2.76. The molecule has 0 fully saturated rings. The molecule has 0 saturated heterocycles. The zero-order valence-electron chi connectivity index (χ0n) is 8.20. The van der Waals surface area contributed by atoms with Gasteiger partial charge in [-0.2, -0.15) is 0 Å². The van der Waals surface area contributed by atoms with Crippen LogP contribution in [0.4, 0.5) is 0 Å². The summed E-state index contributed by atoms with van der Waals surface area (Å²) in [6, 6.07) is 0. The highest BCUT2D eigenvalue weighted by atomic mass is 32.1. The summed E-state index contributed by atoms with van der Waals surface area (Å²) in [5, 5.41) is 3.91. The molecule has 0 N–H and O–H groups in total. The quantitative estimate of drug-likeness (QED) is 0.697. The molecule has 0 aliphatic heterocycles. The molecule has 0 radical (unpaired) electrons. The molecule has 0 aromatic carbocycles. The molecule has 0 atom stereocenters. The Morgan fingerprint density at radius 2 is 2.23 bits per heavy atom. The van der Waals surface area contributed by atoms with E-state index in [0.717, 1.165) is 17.0 Å². The summed E-state index contributed by atoms with van der Waals surface area (Å²) in [7, 11) is 0. The summed E-state index contributed by atoms with van der Waals surface area (Å²) >= 11 is 1.21. The van der Waals surface area contributed by atoms with Crippen LogP contribution in [-0.2, 0) is 6.42 Å². The van der Waals surface area contributed by atoms with Crippen molar-refractivity contribution in [3.8, 4) is 0 Å². The number of aryl methyl sites for hydroxylation is 1. The van der Waals surface area contributed by atoms with E-state index in [2.05, 4.69) is 9.59 Å². The molecule has 72 valence electrons. The van der Waals surface area contributed by atoms with Gasteiger partial charge in [0.1, 0.15) is 4.88 Å². The van der Waals surface area contributed by atoms with Crippen LogP contribution in [0.15, 0.2) is 0 Å². The average Bonchev–Trinajstić information content (AvgIpc) is 2.49. The number of Topliss-reactive ketones (excluding diaryl/α,β-unsaturated/α-hetero) is 1. The minimum absolute atomic E-state index is 0.182. The molecule has 4 heteroatoms. The van der Waals surface area contributed by atoms with Gasteiger partial charge >= 0.3 is 0 Å². The summed E-state index contributed by atoms with van der Waals surface area (Å²) in [5.74, 6) is 0.584. The van der Waals surface area contributed by atoms with Gasteiger partial charge in [0.05, 0.1) is 5.69 Å². The van der Waals surface area contributed by atoms with Crippen molar-refractivity contribution in [1.82, 2.24) is 9.59 Å². The fourth-order valence-corrected chi connectivity index (χ4v) is 1.81. The second kappa shape index (κ2) is 4.46. The van der Waals surface area contributed by atoms with Crippen LogP contribution in [0.25, 0.3) is 0 Å². The lowest BCUT2D eigenvalue weighted by molar-refractivity contribution is 0.0971. The highest BCUT2D eigenvalue weighted by Crippen LogP contribution is 2.16. The van der Waals surface area contributed by atoms with Crippen LogP contribution in [0.5, 0.6) is 0 Å². The monoisotopic (exact) mass is 198 g/mol. The predicted molar refractivity (Wildman–Crippen MR) is 53.1 cm³/mol. The van der Waals surface area contributed by atoms with Crippen LogP contribution in [-0.4, -0.2) is 15.4 Å². The first-order chi connectivity index (χ1) is 6.15. The van der Waals surface area contributed by atoms with Crippen molar-refractivity contribution >= 4 is 17.3 Å². The lowest BCUT2D eigenvalue weighted by Gasteiger charge is -2.01. The third-order valence-corrected chi connectivity index (χ3v) is 2.55. The van der Waals surface area contributed by atoms with E-state index in [1.165, 1.54) is 11.5 Å². The Kier molecular flexibility index (Phi) is 3.54. The molecule has 0 aliphatic carbocycles. The summed E-state index contributed by atoms with van der Waals surface area (Å²) in [6.45, 7) is 6.07. The van der Waals surface area contributed by atoms with Crippen molar-refractivity contribution in [3.05, 3.63) is 10.6 Å². The van der Waals surface area contributed by atoms with E-state index in [4.69, 9.17) is 0 Å². The van der Waals surface area contributed by atoms with Crippen molar-refractivity contribution in [2.75, 3.05) is 0 Å². The van der Waals surface area contributed by atoms with Gasteiger partial charge in [0.15, 0.2) is 5.78 Å². The third-order valence-electron chi connectivity index (χ3n) is 1.74. The molecule has 0 unspecified atom stereocenters. The molecular weight excluding hydrogens is 184 g/mol. The van der Waals surface area contributed by atoms with Crippen LogP contribution < -0.4 is 0 Å². The van der Waals surface area contributed by atoms with Crippen LogP contribution in [0.2, 0.25) is 0 Å². The van der Waals surface area contributed by atoms with Crippen LogP contribution in [0.3, 0.4) is 0 Å². The van der Waals surface area contributed by atoms with Gasteiger partial charge < -0.3 is 0 Å². The van der Waals surface area contributed by atoms with Gasteiger partial charge in [0, 0.05) is 6.42 Å². The topological polar surface area (TPSA) is 42.9 Å². The Morgan fingerprint density at radius 1 is 1.54 bits per heavy atom. The maximum absolute atomic E-state index is 11.6. The fourth-order valence-electron chi connectivity index (χ4n) is 1.12. The van der Waals surface area contributed by atoms with Gasteiger partial charge in [-0.3, -0.25) is 4.79 Å². The van der Waals surface area contributed by atoms with Crippen molar-refractivity contribution in [1.29, 1.82) is 0 Å². The summed E-state index contributed by atoms with van der Waals surface area (Å²) in [6.07, 6.45) is 1.38. The molecular formula is C9H14N2OS. The Labute approximate surface area is 82.3 Å². The Bertz CT molecular complexity index is 294. The molecule has 0 bridgehead atoms. The number of hydrogen-bond acceptors (Lipinski definition) is 4. The molecule has 1 heterocycles. The molecule has 13 heavy (non-hydrogen) atoms. The first-order valence-electron chi connectivity index (χ1n) is 4.49. The smallest absolute Gasteiger partial charge is 0.176 e. The van der Waals surface area contributed by atoms with Crippen molar-refractivity contribution in [2.24, 2.45) is 5.92 Å². The zero-order chi connectivity index (χ0) is 9.84. The Hall–Kier alpha value is -0.770. The summed E-state index contributed by atoms with van der Waals surface area (Å²) in [4.78, 5) is 12.4. The standard InChI is InChI=1S/C9H14N2OS/c1-4-7-9(13-11-10-7)8(12)5-6(2)3/h6H,4-5H2,1-3H3. The van der Waals surface area contributed by atoms with E-state index >= 15 is 0 Å². The Morgan fingerprint density at radius 3 is 2.77 bits per heavy atom. The van der Waals surface area contributed by atoms with Gasteiger partial charge in [0.25, 0.3) is 0 Å². The number of carbonyl (C=O) groups is 1. The minimum atomic E-state index is 0.182. The zero-order valence-corrected chi connectivity index (χ0v) is 9.02. The summed E-state index contributed by atoms with van der Waals surface area (Å²) < 4.78 is 3.79. The second-order valence-electron chi connectivity index (χ2n) is 3.42. The van der Waals surface area contributed by atoms with Gasteiger partial charge in [-0.05, 0) is 23.9 Å². The van der Waals surface area contributed by atoms with Gasteiger partial charge in [0.2, 0.25) is 0 Å². The lowest BCUT2D eigenvalue weighted by atomic mass is 10.1. The number of carbonyl (C=O) groups excluding carboxylic acids is 1. The molecule has 0 aliphatic rings. The lowest BCUT2D eigenvalue weighted by Crippen LogP contribution is -2.04. The fraction of sp³-hybridized carbons (Fsp3) is 0.667. The minimum Gasteiger partial charge on any atom is -0.293 e. The maximum Gasteiger partial charge on any atom is 0.176 e. The first kappa shape index (κ1) is 10.3. The highest BCUT2D eigenvalue weighted by Gasteiger charge is 2.15. The number of aromatic nitrogens is 2. The summed E-state index contributed by atoms with van der Waals surface area (Å²) in [5.41, 5.74) is 0.843. The van der Waals surface area contributed by atoms with Crippen molar-refractivity contribution < 1.29 is 4.79 Å². The van der Waals surface area contributed by atoms with Crippen molar-refractivity contribution in [3.63, 3.8) is 0 Å². The molecule has 1 aromatic heterocycles. The number of rotatable bonds is 4. The number of hydrogen-bond donors (Lipinski definition) is 0. The average molecular weight is 198 g/mol. The van der Waals surface area contributed by atoms with E-state index in [1.807, 2.05) is 20.8 Å².